The third-order valence-electron chi connectivity index (χ3n) is 3.18. The van der Waals surface area contributed by atoms with Crippen molar-refractivity contribution in [1.29, 1.82) is 0 Å². The quantitative estimate of drug-likeness (QED) is 0.815. The molecule has 0 amide bonds. The van der Waals surface area contributed by atoms with Gasteiger partial charge in [-0.2, -0.15) is 0 Å². The molecule has 1 aliphatic rings. The highest BCUT2D eigenvalue weighted by atomic mass is 16.5. The highest BCUT2D eigenvalue weighted by Gasteiger charge is 2.23. The molecule has 0 spiro atoms. The Morgan fingerprint density at radius 1 is 1.47 bits per heavy atom. The molecule has 1 N–H and O–H groups in total. The first kappa shape index (κ1) is 12.1. The van der Waals surface area contributed by atoms with E-state index in [4.69, 9.17) is 4.74 Å². The molecule has 0 bridgehead atoms. The predicted molar refractivity (Wildman–Crippen MR) is 67.1 cm³/mol. The molecule has 1 aromatic carbocycles. The Balaban J connectivity index is 2.27. The molecule has 1 aromatic rings. The molecular weight excluding hydrogens is 214 g/mol. The van der Waals surface area contributed by atoms with Crippen molar-refractivity contribution in [2.75, 3.05) is 7.11 Å². The van der Waals surface area contributed by atoms with Gasteiger partial charge in [-0.15, -0.1) is 0 Å². The SMILES string of the molecule is COC(=O)c1ccc2c(c1)[C@H](NC(C)C)CC2. The summed E-state index contributed by atoms with van der Waals surface area (Å²) >= 11 is 0. The number of esters is 1. The van der Waals surface area contributed by atoms with E-state index < -0.39 is 0 Å². The fraction of sp³-hybridized carbons (Fsp3) is 0.500. The van der Waals surface area contributed by atoms with Crippen LogP contribution in [0.15, 0.2) is 18.2 Å². The van der Waals surface area contributed by atoms with E-state index in [1.807, 2.05) is 18.2 Å². The highest BCUT2D eigenvalue weighted by molar-refractivity contribution is 5.89. The molecule has 0 aliphatic heterocycles. The number of carbonyl (C=O) groups is 1. The van der Waals surface area contributed by atoms with E-state index >= 15 is 0 Å². The number of hydrogen-bond donors (Lipinski definition) is 1. The van der Waals surface area contributed by atoms with Crippen LogP contribution in [0.2, 0.25) is 0 Å². The molecule has 0 radical (unpaired) electrons. The van der Waals surface area contributed by atoms with E-state index in [1.165, 1.54) is 18.2 Å². The second kappa shape index (κ2) is 4.88. The van der Waals surface area contributed by atoms with Gasteiger partial charge in [-0.25, -0.2) is 4.79 Å². The van der Waals surface area contributed by atoms with E-state index in [2.05, 4.69) is 19.2 Å². The van der Waals surface area contributed by atoms with Crippen molar-refractivity contribution in [1.82, 2.24) is 5.32 Å². The third-order valence-corrected chi connectivity index (χ3v) is 3.18. The first-order valence-corrected chi connectivity index (χ1v) is 6.09. The van der Waals surface area contributed by atoms with Crippen LogP contribution in [-0.2, 0) is 11.2 Å². The lowest BCUT2D eigenvalue weighted by molar-refractivity contribution is 0.0600. The Bertz CT molecular complexity index is 426. The van der Waals surface area contributed by atoms with Gasteiger partial charge < -0.3 is 10.1 Å². The number of benzene rings is 1. The maximum atomic E-state index is 11.5. The van der Waals surface area contributed by atoms with Crippen LogP contribution in [0.1, 0.15) is 47.8 Å². The first-order chi connectivity index (χ1) is 8.11. The number of nitrogens with one attached hydrogen (secondary N) is 1. The number of rotatable bonds is 3. The van der Waals surface area contributed by atoms with Crippen LogP contribution >= 0.6 is 0 Å². The van der Waals surface area contributed by atoms with Crippen molar-refractivity contribution in [3.63, 3.8) is 0 Å². The van der Waals surface area contributed by atoms with Crippen LogP contribution in [0.3, 0.4) is 0 Å². The molecule has 1 aliphatic carbocycles. The van der Waals surface area contributed by atoms with E-state index in [0.717, 1.165) is 12.8 Å². The van der Waals surface area contributed by atoms with Gasteiger partial charge in [0.25, 0.3) is 0 Å². The summed E-state index contributed by atoms with van der Waals surface area (Å²) < 4.78 is 4.75. The summed E-state index contributed by atoms with van der Waals surface area (Å²) in [6.45, 7) is 4.28. The molecule has 0 aromatic heterocycles. The summed E-state index contributed by atoms with van der Waals surface area (Å²) in [5.41, 5.74) is 3.24. The minimum Gasteiger partial charge on any atom is -0.465 e. The zero-order valence-corrected chi connectivity index (χ0v) is 10.6. The standard InChI is InChI=1S/C14H19NO2/c1-9(2)15-13-7-6-10-4-5-11(8-12(10)13)14(16)17-3/h4-5,8-9,13,15H,6-7H2,1-3H3/t13-/m1/s1. The zero-order chi connectivity index (χ0) is 12.4. The van der Waals surface area contributed by atoms with Crippen LogP contribution in [0.5, 0.6) is 0 Å². The first-order valence-electron chi connectivity index (χ1n) is 6.09. The van der Waals surface area contributed by atoms with Crippen LogP contribution in [0.4, 0.5) is 0 Å². The molecule has 3 heteroatoms. The number of ether oxygens (including phenoxy) is 1. The molecule has 0 saturated carbocycles. The molecule has 3 nitrogen and oxygen atoms in total. The summed E-state index contributed by atoms with van der Waals surface area (Å²) in [6.07, 6.45) is 2.19. The monoisotopic (exact) mass is 233 g/mol. The maximum absolute atomic E-state index is 11.5. The van der Waals surface area contributed by atoms with E-state index in [9.17, 15) is 4.79 Å². The van der Waals surface area contributed by atoms with Gasteiger partial charge >= 0.3 is 5.97 Å². The Labute approximate surface area is 102 Å². The number of aryl methyl sites for hydroxylation is 1. The van der Waals surface area contributed by atoms with Crippen molar-refractivity contribution >= 4 is 5.97 Å². The fourth-order valence-electron chi connectivity index (χ4n) is 2.42. The van der Waals surface area contributed by atoms with E-state index in [-0.39, 0.29) is 5.97 Å². The Kier molecular flexibility index (Phi) is 3.48. The number of fused-ring (bicyclic) bond motifs is 1. The van der Waals surface area contributed by atoms with Crippen molar-refractivity contribution in [3.8, 4) is 0 Å². The van der Waals surface area contributed by atoms with E-state index in [0.29, 0.717) is 17.6 Å². The van der Waals surface area contributed by atoms with Gasteiger partial charge in [-0.1, -0.05) is 19.9 Å². The van der Waals surface area contributed by atoms with Crippen LogP contribution in [-0.4, -0.2) is 19.1 Å². The molecular formula is C14H19NO2. The second-order valence-corrected chi connectivity index (χ2v) is 4.82. The van der Waals surface area contributed by atoms with Gasteiger partial charge in [0, 0.05) is 12.1 Å². The minimum absolute atomic E-state index is 0.261. The normalized spacial score (nSPS) is 18.2. The smallest absolute Gasteiger partial charge is 0.337 e. The van der Waals surface area contributed by atoms with Gasteiger partial charge in [0.05, 0.1) is 12.7 Å². The third kappa shape index (κ3) is 2.50. The Hall–Kier alpha value is -1.35. The second-order valence-electron chi connectivity index (χ2n) is 4.82. The Morgan fingerprint density at radius 2 is 2.24 bits per heavy atom. The average Bonchev–Trinajstić information content (AvgIpc) is 2.70. The molecule has 17 heavy (non-hydrogen) atoms. The van der Waals surface area contributed by atoms with Crippen LogP contribution in [0, 0.1) is 0 Å². The van der Waals surface area contributed by atoms with Crippen molar-refractivity contribution in [2.45, 2.75) is 38.8 Å². The zero-order valence-electron chi connectivity index (χ0n) is 10.6. The average molecular weight is 233 g/mol. The molecule has 1 atom stereocenters. The van der Waals surface area contributed by atoms with Crippen LogP contribution in [0.25, 0.3) is 0 Å². The molecule has 0 saturated heterocycles. The number of hydrogen-bond acceptors (Lipinski definition) is 3. The molecule has 0 heterocycles. The largest absolute Gasteiger partial charge is 0.465 e. The molecule has 0 unspecified atom stereocenters. The summed E-state index contributed by atoms with van der Waals surface area (Å²) in [4.78, 5) is 11.5. The lowest BCUT2D eigenvalue weighted by atomic mass is 10.0. The summed E-state index contributed by atoms with van der Waals surface area (Å²) in [5, 5.41) is 3.53. The van der Waals surface area contributed by atoms with Gasteiger partial charge in [-0.05, 0) is 36.1 Å². The molecule has 92 valence electrons. The van der Waals surface area contributed by atoms with Gasteiger partial charge in [-0.3, -0.25) is 0 Å². The fourth-order valence-corrected chi connectivity index (χ4v) is 2.42. The maximum Gasteiger partial charge on any atom is 0.337 e. The Morgan fingerprint density at radius 3 is 2.88 bits per heavy atom. The van der Waals surface area contributed by atoms with Crippen molar-refractivity contribution in [3.05, 3.63) is 34.9 Å². The van der Waals surface area contributed by atoms with Gasteiger partial charge in [0.2, 0.25) is 0 Å². The number of carbonyl (C=O) groups excluding carboxylic acids is 1. The van der Waals surface area contributed by atoms with Crippen molar-refractivity contribution in [2.24, 2.45) is 0 Å². The molecule has 0 fully saturated rings. The van der Waals surface area contributed by atoms with Crippen LogP contribution < -0.4 is 5.32 Å². The topological polar surface area (TPSA) is 38.3 Å². The lowest BCUT2D eigenvalue weighted by Crippen LogP contribution is -2.26. The van der Waals surface area contributed by atoms with Gasteiger partial charge in [0.1, 0.15) is 0 Å². The predicted octanol–water partition coefficient (Wildman–Crippen LogP) is 2.46. The highest BCUT2D eigenvalue weighted by Crippen LogP contribution is 2.32. The molecule has 2 rings (SSSR count). The summed E-state index contributed by atoms with van der Waals surface area (Å²) in [7, 11) is 1.42. The van der Waals surface area contributed by atoms with Gasteiger partial charge in [0.15, 0.2) is 0 Å². The lowest BCUT2D eigenvalue weighted by Gasteiger charge is -2.17. The minimum atomic E-state index is -0.261. The van der Waals surface area contributed by atoms with E-state index in [1.54, 1.807) is 0 Å². The summed E-state index contributed by atoms with van der Waals surface area (Å²) in [6, 6.07) is 6.68. The number of methoxy groups -OCH3 is 1. The summed E-state index contributed by atoms with van der Waals surface area (Å²) in [5.74, 6) is -0.261. The van der Waals surface area contributed by atoms with Crippen molar-refractivity contribution < 1.29 is 9.53 Å².